The zero-order chi connectivity index (χ0) is 8.97. The van der Waals surface area contributed by atoms with Crippen LogP contribution in [0.4, 0.5) is 0 Å². The minimum Gasteiger partial charge on any atom is -0.478 e. The molecule has 0 saturated carbocycles. The summed E-state index contributed by atoms with van der Waals surface area (Å²) in [6.45, 7) is 1.91. The van der Waals surface area contributed by atoms with Gasteiger partial charge in [-0.2, -0.15) is 11.8 Å². The average molecular weight is 186 g/mol. The molecule has 0 aromatic rings. The standard InChI is InChI=1S/C9H14O2S/c1-2-8(9(10)11)7-3-5-12-6-4-7/h2-6H2,1H3,(H,10,11). The van der Waals surface area contributed by atoms with Gasteiger partial charge in [0.25, 0.3) is 0 Å². The lowest BCUT2D eigenvalue weighted by molar-refractivity contribution is -0.132. The van der Waals surface area contributed by atoms with Gasteiger partial charge in [0.15, 0.2) is 0 Å². The van der Waals surface area contributed by atoms with E-state index in [9.17, 15) is 4.79 Å². The Kier molecular flexibility index (Phi) is 3.66. The van der Waals surface area contributed by atoms with Gasteiger partial charge in [-0.3, -0.25) is 0 Å². The summed E-state index contributed by atoms with van der Waals surface area (Å²) in [5.41, 5.74) is 1.82. The van der Waals surface area contributed by atoms with Crippen LogP contribution in [0.1, 0.15) is 26.2 Å². The van der Waals surface area contributed by atoms with Crippen molar-refractivity contribution in [2.45, 2.75) is 26.2 Å². The molecule has 0 aliphatic carbocycles. The molecule has 0 amide bonds. The summed E-state index contributed by atoms with van der Waals surface area (Å²) in [5.74, 6) is 1.46. The van der Waals surface area contributed by atoms with Crippen molar-refractivity contribution < 1.29 is 9.90 Å². The summed E-state index contributed by atoms with van der Waals surface area (Å²) >= 11 is 1.91. The smallest absolute Gasteiger partial charge is 0.331 e. The third-order valence-corrected chi connectivity index (χ3v) is 3.12. The molecule has 1 aliphatic rings. The van der Waals surface area contributed by atoms with Crippen molar-refractivity contribution in [3.63, 3.8) is 0 Å². The highest BCUT2D eigenvalue weighted by Crippen LogP contribution is 2.25. The number of allylic oxidation sites excluding steroid dienone is 1. The van der Waals surface area contributed by atoms with Crippen molar-refractivity contribution in [1.82, 2.24) is 0 Å². The average Bonchev–Trinajstić information content (AvgIpc) is 2.07. The number of aliphatic carboxylic acids is 1. The molecule has 1 rings (SSSR count). The van der Waals surface area contributed by atoms with Crippen LogP contribution in [0.15, 0.2) is 11.1 Å². The summed E-state index contributed by atoms with van der Waals surface area (Å²) in [6, 6.07) is 0. The lowest BCUT2D eigenvalue weighted by atomic mass is 10.0. The van der Waals surface area contributed by atoms with Gasteiger partial charge in [0.1, 0.15) is 0 Å². The van der Waals surface area contributed by atoms with Crippen LogP contribution in [0.5, 0.6) is 0 Å². The molecule has 2 nitrogen and oxygen atoms in total. The minimum absolute atomic E-state index is 0.648. The fraction of sp³-hybridized carbons (Fsp3) is 0.667. The summed E-state index contributed by atoms with van der Waals surface area (Å²) in [4.78, 5) is 10.8. The van der Waals surface area contributed by atoms with Crippen molar-refractivity contribution in [2.75, 3.05) is 11.5 Å². The Labute approximate surface area is 77.0 Å². The molecule has 1 saturated heterocycles. The van der Waals surface area contributed by atoms with Crippen LogP contribution < -0.4 is 0 Å². The van der Waals surface area contributed by atoms with Crippen LogP contribution in [0.3, 0.4) is 0 Å². The summed E-state index contributed by atoms with van der Waals surface area (Å²) in [7, 11) is 0. The molecule has 0 radical (unpaired) electrons. The molecule has 1 fully saturated rings. The maximum atomic E-state index is 10.8. The Morgan fingerprint density at radius 2 is 2.08 bits per heavy atom. The van der Waals surface area contributed by atoms with Gasteiger partial charge in [0.05, 0.1) is 0 Å². The zero-order valence-corrected chi connectivity index (χ0v) is 8.12. The molecule has 3 heteroatoms. The Hall–Kier alpha value is -0.440. The van der Waals surface area contributed by atoms with Crippen LogP contribution >= 0.6 is 11.8 Å². The molecule has 0 atom stereocenters. The van der Waals surface area contributed by atoms with Gasteiger partial charge in [-0.25, -0.2) is 4.79 Å². The van der Waals surface area contributed by atoms with E-state index in [0.717, 1.165) is 24.3 Å². The van der Waals surface area contributed by atoms with Gasteiger partial charge in [-0.1, -0.05) is 12.5 Å². The van der Waals surface area contributed by atoms with Crippen molar-refractivity contribution in [3.8, 4) is 0 Å². The van der Waals surface area contributed by atoms with E-state index in [0.29, 0.717) is 12.0 Å². The third kappa shape index (κ3) is 2.27. The van der Waals surface area contributed by atoms with Crippen LogP contribution in [0.2, 0.25) is 0 Å². The topological polar surface area (TPSA) is 37.3 Å². The van der Waals surface area contributed by atoms with E-state index >= 15 is 0 Å². The molecule has 68 valence electrons. The summed E-state index contributed by atoms with van der Waals surface area (Å²) in [5, 5.41) is 8.86. The monoisotopic (exact) mass is 186 g/mol. The Bertz CT molecular complexity index is 201. The van der Waals surface area contributed by atoms with Gasteiger partial charge in [-0.05, 0) is 30.8 Å². The second kappa shape index (κ2) is 4.55. The van der Waals surface area contributed by atoms with Gasteiger partial charge in [-0.15, -0.1) is 0 Å². The molecule has 0 aromatic carbocycles. The van der Waals surface area contributed by atoms with E-state index in [1.807, 2.05) is 18.7 Å². The van der Waals surface area contributed by atoms with Gasteiger partial charge >= 0.3 is 5.97 Å². The first-order valence-electron chi connectivity index (χ1n) is 4.27. The minimum atomic E-state index is -0.723. The number of rotatable bonds is 2. The van der Waals surface area contributed by atoms with Gasteiger partial charge in [0.2, 0.25) is 0 Å². The van der Waals surface area contributed by atoms with Crippen LogP contribution in [-0.4, -0.2) is 22.6 Å². The molecule has 1 heterocycles. The molecule has 1 aliphatic heterocycles. The first-order valence-corrected chi connectivity index (χ1v) is 5.43. The van der Waals surface area contributed by atoms with Crippen molar-refractivity contribution in [3.05, 3.63) is 11.1 Å². The lowest BCUT2D eigenvalue weighted by Gasteiger charge is -2.15. The molecule has 0 unspecified atom stereocenters. The molecular weight excluding hydrogens is 172 g/mol. The highest BCUT2D eigenvalue weighted by atomic mass is 32.2. The quantitative estimate of drug-likeness (QED) is 0.672. The Balaban J connectivity index is 2.75. The normalized spacial score (nSPS) is 17.6. The maximum absolute atomic E-state index is 10.8. The first kappa shape index (κ1) is 9.65. The molecule has 0 aromatic heterocycles. The fourth-order valence-corrected chi connectivity index (χ4v) is 2.46. The second-order valence-electron chi connectivity index (χ2n) is 2.85. The van der Waals surface area contributed by atoms with Crippen molar-refractivity contribution in [2.24, 2.45) is 0 Å². The molecule has 1 N–H and O–H groups in total. The summed E-state index contributed by atoms with van der Waals surface area (Å²) in [6.07, 6.45) is 2.61. The predicted octanol–water partition coefficient (Wildman–Crippen LogP) is 2.30. The van der Waals surface area contributed by atoms with Crippen molar-refractivity contribution in [1.29, 1.82) is 0 Å². The first-order chi connectivity index (χ1) is 5.75. The number of carboxylic acid groups (broad SMARTS) is 1. The van der Waals surface area contributed by atoms with Gasteiger partial charge < -0.3 is 5.11 Å². The molecular formula is C9H14O2S. The van der Waals surface area contributed by atoms with Crippen LogP contribution in [0.25, 0.3) is 0 Å². The zero-order valence-electron chi connectivity index (χ0n) is 7.30. The van der Waals surface area contributed by atoms with Crippen LogP contribution in [-0.2, 0) is 4.79 Å². The highest BCUT2D eigenvalue weighted by Gasteiger charge is 2.14. The number of thioether (sulfide) groups is 1. The van der Waals surface area contributed by atoms with Crippen molar-refractivity contribution >= 4 is 17.7 Å². The maximum Gasteiger partial charge on any atom is 0.331 e. The predicted molar refractivity (Wildman–Crippen MR) is 51.5 cm³/mol. The number of carboxylic acids is 1. The fourth-order valence-electron chi connectivity index (χ4n) is 1.47. The van der Waals surface area contributed by atoms with Crippen LogP contribution in [0, 0.1) is 0 Å². The van der Waals surface area contributed by atoms with E-state index in [1.165, 1.54) is 5.57 Å². The largest absolute Gasteiger partial charge is 0.478 e. The van der Waals surface area contributed by atoms with E-state index < -0.39 is 5.97 Å². The molecule has 0 spiro atoms. The van der Waals surface area contributed by atoms with E-state index in [-0.39, 0.29) is 0 Å². The Morgan fingerprint density at radius 1 is 1.50 bits per heavy atom. The molecule has 12 heavy (non-hydrogen) atoms. The van der Waals surface area contributed by atoms with E-state index in [4.69, 9.17) is 5.11 Å². The van der Waals surface area contributed by atoms with E-state index in [2.05, 4.69) is 0 Å². The second-order valence-corrected chi connectivity index (χ2v) is 4.08. The number of hydrogen-bond donors (Lipinski definition) is 1. The Morgan fingerprint density at radius 3 is 2.50 bits per heavy atom. The van der Waals surface area contributed by atoms with E-state index in [1.54, 1.807) is 0 Å². The highest BCUT2D eigenvalue weighted by molar-refractivity contribution is 7.99. The summed E-state index contributed by atoms with van der Waals surface area (Å²) < 4.78 is 0. The lowest BCUT2D eigenvalue weighted by Crippen LogP contribution is -2.08. The number of carbonyl (C=O) groups is 1. The molecule has 0 bridgehead atoms. The number of hydrogen-bond acceptors (Lipinski definition) is 2. The third-order valence-electron chi connectivity index (χ3n) is 2.13. The SMILES string of the molecule is CCC(C(=O)O)=C1CCSCC1. The van der Waals surface area contributed by atoms with Gasteiger partial charge in [0, 0.05) is 5.57 Å².